The molecule has 1 N–H and O–H groups in total. The summed E-state index contributed by atoms with van der Waals surface area (Å²) >= 11 is 7.16. The van der Waals surface area contributed by atoms with E-state index in [4.69, 9.17) is 11.6 Å². The second kappa shape index (κ2) is 5.16. The standard InChI is InChI=1S/C11H7ClN2O2S/c12-9-5-8(2-1-7(9)6-15)17-11-13-4-3-10(16)14-11/h1-6H,(H,13,14,16). The SMILES string of the molecule is O=Cc1ccc(Sc2nccc(=O)[nH]2)cc1Cl. The van der Waals surface area contributed by atoms with Gasteiger partial charge < -0.3 is 4.98 Å². The minimum Gasteiger partial charge on any atom is -0.301 e. The molecule has 0 saturated carbocycles. The van der Waals surface area contributed by atoms with Crippen molar-refractivity contribution in [2.24, 2.45) is 0 Å². The summed E-state index contributed by atoms with van der Waals surface area (Å²) < 4.78 is 0. The van der Waals surface area contributed by atoms with Crippen LogP contribution in [0.2, 0.25) is 5.02 Å². The Hall–Kier alpha value is -1.59. The van der Waals surface area contributed by atoms with Crippen molar-refractivity contribution in [3.05, 3.63) is 51.4 Å². The zero-order valence-corrected chi connectivity index (χ0v) is 10.1. The summed E-state index contributed by atoms with van der Waals surface area (Å²) in [5, 5.41) is 0.857. The van der Waals surface area contributed by atoms with Gasteiger partial charge in [-0.05, 0) is 18.2 Å². The molecule has 0 atom stereocenters. The number of hydrogen-bond acceptors (Lipinski definition) is 4. The molecule has 86 valence electrons. The van der Waals surface area contributed by atoms with Gasteiger partial charge in [-0.2, -0.15) is 0 Å². The van der Waals surface area contributed by atoms with Crippen LogP contribution in [0.25, 0.3) is 0 Å². The number of H-pyrrole nitrogens is 1. The maximum absolute atomic E-state index is 11.1. The normalized spacial score (nSPS) is 10.2. The van der Waals surface area contributed by atoms with E-state index in [-0.39, 0.29) is 5.56 Å². The van der Waals surface area contributed by atoms with Crippen LogP contribution < -0.4 is 5.56 Å². The van der Waals surface area contributed by atoms with Gasteiger partial charge in [0.25, 0.3) is 5.56 Å². The van der Waals surface area contributed by atoms with Gasteiger partial charge in [0.05, 0.1) is 5.02 Å². The van der Waals surface area contributed by atoms with Crippen molar-refractivity contribution >= 4 is 29.6 Å². The molecule has 1 heterocycles. The third-order valence-corrected chi connectivity index (χ3v) is 3.18. The van der Waals surface area contributed by atoms with Crippen molar-refractivity contribution in [2.45, 2.75) is 10.1 Å². The Labute approximate surface area is 106 Å². The van der Waals surface area contributed by atoms with E-state index in [9.17, 15) is 9.59 Å². The molecule has 0 aliphatic heterocycles. The number of rotatable bonds is 3. The fraction of sp³-hybridized carbons (Fsp3) is 0. The Balaban J connectivity index is 2.27. The van der Waals surface area contributed by atoms with E-state index >= 15 is 0 Å². The number of hydrogen-bond donors (Lipinski definition) is 1. The summed E-state index contributed by atoms with van der Waals surface area (Å²) in [6, 6.07) is 6.36. The van der Waals surface area contributed by atoms with Crippen LogP contribution in [0.4, 0.5) is 0 Å². The molecule has 6 heteroatoms. The van der Waals surface area contributed by atoms with Crippen LogP contribution in [0.5, 0.6) is 0 Å². The third kappa shape index (κ3) is 2.95. The number of carbonyl (C=O) groups is 1. The molecule has 0 spiro atoms. The maximum Gasteiger partial charge on any atom is 0.251 e. The van der Waals surface area contributed by atoms with Gasteiger partial charge in [0, 0.05) is 22.7 Å². The summed E-state index contributed by atoms with van der Waals surface area (Å²) in [4.78, 5) is 29.0. The second-order valence-electron chi connectivity index (χ2n) is 3.14. The molecule has 2 aromatic rings. The van der Waals surface area contributed by atoms with Gasteiger partial charge in [0.2, 0.25) is 0 Å². The highest BCUT2D eigenvalue weighted by atomic mass is 35.5. The Morgan fingerprint density at radius 1 is 1.35 bits per heavy atom. The van der Waals surface area contributed by atoms with Gasteiger partial charge >= 0.3 is 0 Å². The van der Waals surface area contributed by atoms with Crippen molar-refractivity contribution in [3.63, 3.8) is 0 Å². The molecule has 0 aliphatic rings. The molecule has 0 fully saturated rings. The van der Waals surface area contributed by atoms with Crippen molar-refractivity contribution < 1.29 is 4.79 Å². The fourth-order valence-corrected chi connectivity index (χ4v) is 2.27. The van der Waals surface area contributed by atoms with Crippen molar-refractivity contribution in [1.29, 1.82) is 0 Å². The molecule has 4 nitrogen and oxygen atoms in total. The van der Waals surface area contributed by atoms with E-state index in [1.807, 2.05) is 0 Å². The molecule has 17 heavy (non-hydrogen) atoms. The fourth-order valence-electron chi connectivity index (χ4n) is 1.18. The van der Waals surface area contributed by atoms with E-state index in [0.717, 1.165) is 4.90 Å². The molecule has 0 radical (unpaired) electrons. The van der Waals surface area contributed by atoms with Crippen molar-refractivity contribution in [3.8, 4) is 0 Å². The van der Waals surface area contributed by atoms with Gasteiger partial charge in [0.1, 0.15) is 0 Å². The summed E-state index contributed by atoms with van der Waals surface area (Å²) in [5.41, 5.74) is 0.226. The highest BCUT2D eigenvalue weighted by molar-refractivity contribution is 7.99. The predicted octanol–water partition coefficient (Wildman–Crippen LogP) is 2.39. The van der Waals surface area contributed by atoms with E-state index in [1.165, 1.54) is 24.0 Å². The Morgan fingerprint density at radius 3 is 2.82 bits per heavy atom. The highest BCUT2D eigenvalue weighted by Crippen LogP contribution is 2.27. The van der Waals surface area contributed by atoms with Crippen LogP contribution >= 0.6 is 23.4 Å². The number of benzene rings is 1. The van der Waals surface area contributed by atoms with Crippen molar-refractivity contribution in [1.82, 2.24) is 9.97 Å². The van der Waals surface area contributed by atoms with E-state index in [0.29, 0.717) is 22.0 Å². The number of nitrogens with zero attached hydrogens (tertiary/aromatic N) is 1. The molecule has 0 unspecified atom stereocenters. The number of halogens is 1. The average Bonchev–Trinajstić information content (AvgIpc) is 2.29. The first kappa shape index (κ1) is 11.9. The summed E-state index contributed by atoms with van der Waals surface area (Å²) in [6.07, 6.45) is 2.13. The minimum atomic E-state index is -0.210. The first-order valence-corrected chi connectivity index (χ1v) is 5.86. The lowest BCUT2D eigenvalue weighted by Gasteiger charge is -2.02. The highest BCUT2D eigenvalue weighted by Gasteiger charge is 2.03. The van der Waals surface area contributed by atoms with Gasteiger partial charge in [-0.1, -0.05) is 23.4 Å². The average molecular weight is 267 g/mol. The molecular formula is C11H7ClN2O2S. The lowest BCUT2D eigenvalue weighted by atomic mass is 10.2. The molecule has 0 aliphatic carbocycles. The zero-order valence-electron chi connectivity index (χ0n) is 8.51. The number of aromatic nitrogens is 2. The lowest BCUT2D eigenvalue weighted by molar-refractivity contribution is 0.112. The molecule has 1 aromatic heterocycles. The first-order valence-electron chi connectivity index (χ1n) is 4.67. The molecule has 0 bridgehead atoms. The first-order chi connectivity index (χ1) is 8.19. The second-order valence-corrected chi connectivity index (χ2v) is 4.61. The number of aldehydes is 1. The summed E-state index contributed by atoms with van der Waals surface area (Å²) in [7, 11) is 0. The Bertz CT molecular complexity index is 612. The van der Waals surface area contributed by atoms with E-state index in [2.05, 4.69) is 9.97 Å². The number of aromatic amines is 1. The molecular weight excluding hydrogens is 260 g/mol. The molecule has 0 amide bonds. The van der Waals surface area contributed by atoms with Crippen LogP contribution in [0, 0.1) is 0 Å². The topological polar surface area (TPSA) is 62.8 Å². The van der Waals surface area contributed by atoms with Crippen LogP contribution in [-0.2, 0) is 0 Å². The van der Waals surface area contributed by atoms with Crippen LogP contribution in [-0.4, -0.2) is 16.3 Å². The Morgan fingerprint density at radius 2 is 2.18 bits per heavy atom. The van der Waals surface area contributed by atoms with Crippen LogP contribution in [0.1, 0.15) is 10.4 Å². The lowest BCUT2D eigenvalue weighted by Crippen LogP contribution is -2.04. The summed E-state index contributed by atoms with van der Waals surface area (Å²) in [5.74, 6) is 0. The third-order valence-electron chi connectivity index (χ3n) is 1.96. The zero-order chi connectivity index (χ0) is 12.3. The van der Waals surface area contributed by atoms with Gasteiger partial charge in [-0.25, -0.2) is 4.98 Å². The minimum absolute atomic E-state index is 0.210. The van der Waals surface area contributed by atoms with Crippen LogP contribution in [0.3, 0.4) is 0 Å². The Kier molecular flexibility index (Phi) is 3.61. The van der Waals surface area contributed by atoms with Crippen molar-refractivity contribution in [2.75, 3.05) is 0 Å². The van der Waals surface area contributed by atoms with Crippen LogP contribution in [0.15, 0.2) is 45.3 Å². The van der Waals surface area contributed by atoms with Gasteiger partial charge in [-0.15, -0.1) is 0 Å². The number of carbonyl (C=O) groups excluding carboxylic acids is 1. The maximum atomic E-state index is 11.1. The monoisotopic (exact) mass is 266 g/mol. The predicted molar refractivity (Wildman–Crippen MR) is 65.8 cm³/mol. The largest absolute Gasteiger partial charge is 0.301 e. The molecule has 1 aromatic carbocycles. The molecule has 2 rings (SSSR count). The van der Waals surface area contributed by atoms with Gasteiger partial charge in [0.15, 0.2) is 11.4 Å². The quantitative estimate of drug-likeness (QED) is 0.684. The van der Waals surface area contributed by atoms with E-state index < -0.39 is 0 Å². The van der Waals surface area contributed by atoms with Gasteiger partial charge in [-0.3, -0.25) is 9.59 Å². The van der Waals surface area contributed by atoms with E-state index in [1.54, 1.807) is 18.2 Å². The number of nitrogens with one attached hydrogen (secondary N) is 1. The smallest absolute Gasteiger partial charge is 0.251 e. The molecule has 0 saturated heterocycles. The summed E-state index contributed by atoms with van der Waals surface area (Å²) in [6.45, 7) is 0.